The van der Waals surface area contributed by atoms with Crippen LogP contribution < -0.4 is 0 Å². The van der Waals surface area contributed by atoms with Gasteiger partial charge < -0.3 is 0 Å². The minimum absolute atomic E-state index is 0.643. The fraction of sp³-hybridized carbons (Fsp3) is 0. The Morgan fingerprint density at radius 2 is 0.635 bits per heavy atom. The molecule has 0 aliphatic heterocycles. The summed E-state index contributed by atoms with van der Waals surface area (Å²) in [6.45, 7) is 0. The summed E-state index contributed by atoms with van der Waals surface area (Å²) in [6, 6.07) is 67.0. The fourth-order valence-electron chi connectivity index (χ4n) is 6.74. The Labute approximate surface area is 302 Å². The second-order valence-corrected chi connectivity index (χ2v) is 12.7. The summed E-state index contributed by atoms with van der Waals surface area (Å²) in [6.07, 6.45) is 0. The van der Waals surface area contributed by atoms with Crippen LogP contribution in [0, 0.1) is 0 Å². The predicted molar refractivity (Wildman–Crippen MR) is 213 cm³/mol. The molecule has 0 saturated carbocycles. The van der Waals surface area contributed by atoms with Crippen molar-refractivity contribution in [2.45, 2.75) is 0 Å². The average Bonchev–Trinajstić information content (AvgIpc) is 3.24. The zero-order valence-corrected chi connectivity index (χ0v) is 28.3. The first-order valence-corrected chi connectivity index (χ1v) is 17.4. The molecule has 0 aliphatic carbocycles. The van der Waals surface area contributed by atoms with Crippen LogP contribution in [0.4, 0.5) is 0 Å². The van der Waals surface area contributed by atoms with Crippen molar-refractivity contribution in [1.29, 1.82) is 0 Å². The van der Waals surface area contributed by atoms with E-state index in [4.69, 9.17) is 19.9 Å². The highest BCUT2D eigenvalue weighted by atomic mass is 15.0. The molecule has 7 aromatic carbocycles. The van der Waals surface area contributed by atoms with Crippen LogP contribution in [-0.2, 0) is 0 Å². The summed E-state index contributed by atoms with van der Waals surface area (Å²) in [7, 11) is 0. The van der Waals surface area contributed by atoms with Gasteiger partial charge in [-0.2, -0.15) is 0 Å². The molecule has 0 N–H and O–H groups in total. The van der Waals surface area contributed by atoms with Gasteiger partial charge in [-0.05, 0) is 45.2 Å². The standard InChI is InChI=1S/C48H32N4/c1-5-15-33(16-6-1)39-31-44(35-17-7-2-8-18-35)49-45(32-39)36-29-27-34(28-30-36)40-23-13-25-42-41(40)24-14-26-43(42)48-51-46(37-19-9-3-10-20-37)50-47(52-48)38-21-11-4-12-22-38/h1-32H. The lowest BCUT2D eigenvalue weighted by atomic mass is 9.94. The molecule has 4 nitrogen and oxygen atoms in total. The number of fused-ring (bicyclic) bond motifs is 1. The molecule has 0 aliphatic rings. The van der Waals surface area contributed by atoms with Gasteiger partial charge in [0.05, 0.1) is 11.4 Å². The molecule has 9 rings (SSSR count). The van der Waals surface area contributed by atoms with Crippen molar-refractivity contribution >= 4 is 10.8 Å². The molecule has 2 heterocycles. The molecule has 0 amide bonds. The normalized spacial score (nSPS) is 11.1. The van der Waals surface area contributed by atoms with Gasteiger partial charge in [0.25, 0.3) is 0 Å². The van der Waals surface area contributed by atoms with E-state index >= 15 is 0 Å². The van der Waals surface area contributed by atoms with Gasteiger partial charge >= 0.3 is 0 Å². The molecule has 0 unspecified atom stereocenters. The fourth-order valence-corrected chi connectivity index (χ4v) is 6.74. The summed E-state index contributed by atoms with van der Waals surface area (Å²) < 4.78 is 0. The topological polar surface area (TPSA) is 51.6 Å². The second kappa shape index (κ2) is 13.7. The number of benzene rings is 7. The first kappa shape index (κ1) is 31.0. The molecule has 244 valence electrons. The second-order valence-electron chi connectivity index (χ2n) is 12.7. The van der Waals surface area contributed by atoms with Crippen LogP contribution in [0.3, 0.4) is 0 Å². The van der Waals surface area contributed by atoms with Crippen molar-refractivity contribution in [2.75, 3.05) is 0 Å². The van der Waals surface area contributed by atoms with Gasteiger partial charge in [-0.3, -0.25) is 0 Å². The van der Waals surface area contributed by atoms with E-state index in [0.717, 1.165) is 72.2 Å². The maximum Gasteiger partial charge on any atom is 0.164 e. The van der Waals surface area contributed by atoms with E-state index in [9.17, 15) is 0 Å². The lowest BCUT2D eigenvalue weighted by Gasteiger charge is -2.13. The Kier molecular flexibility index (Phi) is 8.16. The highest BCUT2D eigenvalue weighted by Gasteiger charge is 2.16. The summed E-state index contributed by atoms with van der Waals surface area (Å²) in [5, 5.41) is 2.21. The van der Waals surface area contributed by atoms with Crippen molar-refractivity contribution < 1.29 is 0 Å². The lowest BCUT2D eigenvalue weighted by Crippen LogP contribution is -2.00. The smallest absolute Gasteiger partial charge is 0.164 e. The molecule has 0 atom stereocenters. The third-order valence-electron chi connectivity index (χ3n) is 9.36. The first-order valence-electron chi connectivity index (χ1n) is 17.4. The molecule has 9 aromatic rings. The Morgan fingerprint density at radius 3 is 1.17 bits per heavy atom. The molecular formula is C48H32N4. The maximum absolute atomic E-state index is 5.14. The van der Waals surface area contributed by atoms with Gasteiger partial charge in [-0.15, -0.1) is 0 Å². The van der Waals surface area contributed by atoms with Crippen molar-refractivity contribution in [3.8, 4) is 78.9 Å². The monoisotopic (exact) mass is 664 g/mol. The molecule has 0 fully saturated rings. The largest absolute Gasteiger partial charge is 0.248 e. The molecule has 0 bridgehead atoms. The number of rotatable bonds is 7. The van der Waals surface area contributed by atoms with E-state index in [1.807, 2.05) is 72.8 Å². The van der Waals surface area contributed by atoms with Gasteiger partial charge in [0.15, 0.2) is 17.5 Å². The van der Waals surface area contributed by atoms with Crippen LogP contribution in [0.25, 0.3) is 89.7 Å². The molecule has 4 heteroatoms. The van der Waals surface area contributed by atoms with Crippen molar-refractivity contribution in [1.82, 2.24) is 19.9 Å². The number of hydrogen-bond acceptors (Lipinski definition) is 4. The molecule has 2 aromatic heterocycles. The van der Waals surface area contributed by atoms with Crippen LogP contribution in [0.1, 0.15) is 0 Å². The SMILES string of the molecule is c1ccc(-c2cc(-c3ccccc3)nc(-c3ccc(-c4cccc5c(-c6nc(-c7ccccc7)nc(-c7ccccc7)n6)cccc45)cc3)c2)cc1. The van der Waals surface area contributed by atoms with Gasteiger partial charge in [0, 0.05) is 27.8 Å². The Bertz CT molecular complexity index is 2530. The number of hydrogen-bond donors (Lipinski definition) is 0. The molecule has 0 spiro atoms. The predicted octanol–water partition coefficient (Wildman–Crippen LogP) is 12.1. The van der Waals surface area contributed by atoms with Crippen LogP contribution >= 0.6 is 0 Å². The third-order valence-corrected chi connectivity index (χ3v) is 9.36. The average molecular weight is 665 g/mol. The minimum atomic E-state index is 0.643. The molecule has 0 saturated heterocycles. The molecular weight excluding hydrogens is 633 g/mol. The number of pyridine rings is 1. The maximum atomic E-state index is 5.14. The van der Waals surface area contributed by atoms with Crippen molar-refractivity contribution in [3.63, 3.8) is 0 Å². The summed E-state index contributed by atoms with van der Waals surface area (Å²) in [5.74, 6) is 1.94. The first-order chi connectivity index (χ1) is 25.8. The number of nitrogens with zero attached hydrogens (tertiary/aromatic N) is 4. The minimum Gasteiger partial charge on any atom is -0.248 e. The van der Waals surface area contributed by atoms with Crippen LogP contribution in [0.2, 0.25) is 0 Å². The van der Waals surface area contributed by atoms with E-state index in [-0.39, 0.29) is 0 Å². The number of aromatic nitrogens is 4. The highest BCUT2D eigenvalue weighted by molar-refractivity contribution is 6.03. The van der Waals surface area contributed by atoms with Gasteiger partial charge in [0.2, 0.25) is 0 Å². The quantitative estimate of drug-likeness (QED) is 0.170. The molecule has 0 radical (unpaired) electrons. The Morgan fingerprint density at radius 1 is 0.231 bits per heavy atom. The zero-order chi connectivity index (χ0) is 34.7. The van der Waals surface area contributed by atoms with Crippen LogP contribution in [0.15, 0.2) is 194 Å². The van der Waals surface area contributed by atoms with Gasteiger partial charge in [0.1, 0.15) is 0 Å². The van der Waals surface area contributed by atoms with Crippen molar-refractivity contribution in [3.05, 3.63) is 194 Å². The Hall–Kier alpha value is -7.04. The van der Waals surface area contributed by atoms with Gasteiger partial charge in [-0.25, -0.2) is 19.9 Å². The van der Waals surface area contributed by atoms with E-state index in [0.29, 0.717) is 17.5 Å². The van der Waals surface area contributed by atoms with E-state index < -0.39 is 0 Å². The van der Waals surface area contributed by atoms with Crippen molar-refractivity contribution in [2.24, 2.45) is 0 Å². The van der Waals surface area contributed by atoms with Gasteiger partial charge in [-0.1, -0.05) is 182 Å². The summed E-state index contributed by atoms with van der Waals surface area (Å²) in [4.78, 5) is 20.1. The molecule has 52 heavy (non-hydrogen) atoms. The summed E-state index contributed by atoms with van der Waals surface area (Å²) >= 11 is 0. The Balaban J connectivity index is 1.12. The van der Waals surface area contributed by atoms with Crippen LogP contribution in [-0.4, -0.2) is 19.9 Å². The van der Waals surface area contributed by atoms with E-state index in [1.165, 1.54) is 0 Å². The lowest BCUT2D eigenvalue weighted by molar-refractivity contribution is 1.08. The third kappa shape index (κ3) is 6.14. The van der Waals surface area contributed by atoms with E-state index in [2.05, 4.69) is 121 Å². The summed E-state index contributed by atoms with van der Waals surface area (Å²) in [5.41, 5.74) is 11.5. The van der Waals surface area contributed by atoms with E-state index in [1.54, 1.807) is 0 Å². The highest BCUT2D eigenvalue weighted by Crippen LogP contribution is 2.36. The van der Waals surface area contributed by atoms with Crippen LogP contribution in [0.5, 0.6) is 0 Å². The zero-order valence-electron chi connectivity index (χ0n) is 28.3.